The summed E-state index contributed by atoms with van der Waals surface area (Å²) >= 11 is 0. The molecule has 2 heterocycles. The first-order chi connectivity index (χ1) is 9.36. The number of para-hydroxylation sites is 1. The molecule has 0 N–H and O–H groups in total. The molecule has 1 aromatic heterocycles. The maximum absolute atomic E-state index is 5.55. The summed E-state index contributed by atoms with van der Waals surface area (Å²) in [6, 6.07) is 14.6. The lowest BCUT2D eigenvalue weighted by molar-refractivity contribution is 0.104. The van der Waals surface area contributed by atoms with Gasteiger partial charge < -0.3 is 9.64 Å². The van der Waals surface area contributed by atoms with Gasteiger partial charge in [-0.3, -0.25) is 4.98 Å². The molecule has 0 saturated carbocycles. The molecule has 19 heavy (non-hydrogen) atoms. The van der Waals surface area contributed by atoms with E-state index in [4.69, 9.17) is 4.74 Å². The van der Waals surface area contributed by atoms with Gasteiger partial charge in [-0.2, -0.15) is 0 Å². The van der Waals surface area contributed by atoms with Crippen molar-refractivity contribution in [1.29, 1.82) is 0 Å². The van der Waals surface area contributed by atoms with Crippen molar-refractivity contribution in [3.63, 3.8) is 0 Å². The van der Waals surface area contributed by atoms with Crippen LogP contribution in [-0.4, -0.2) is 24.7 Å². The van der Waals surface area contributed by atoms with Gasteiger partial charge in [-0.1, -0.05) is 24.3 Å². The molecule has 3 rings (SSSR count). The SMILES string of the molecule is COC1Cc2ccccc2N(Cc2ccccn2)C1. The number of nitrogens with zero attached hydrogens (tertiary/aromatic N) is 2. The summed E-state index contributed by atoms with van der Waals surface area (Å²) in [5, 5.41) is 0. The zero-order valence-corrected chi connectivity index (χ0v) is 11.1. The highest BCUT2D eigenvalue weighted by Crippen LogP contribution is 2.28. The molecule has 0 fully saturated rings. The quantitative estimate of drug-likeness (QED) is 0.842. The van der Waals surface area contributed by atoms with Crippen LogP contribution in [0.1, 0.15) is 11.3 Å². The van der Waals surface area contributed by atoms with E-state index in [2.05, 4.69) is 40.2 Å². The van der Waals surface area contributed by atoms with Gasteiger partial charge in [0.05, 0.1) is 18.3 Å². The molecule has 98 valence electrons. The average Bonchev–Trinajstić information content (AvgIpc) is 2.48. The van der Waals surface area contributed by atoms with Gasteiger partial charge in [0.15, 0.2) is 0 Å². The lowest BCUT2D eigenvalue weighted by atomic mass is 9.99. The first-order valence-corrected chi connectivity index (χ1v) is 6.62. The number of hydrogen-bond donors (Lipinski definition) is 0. The Labute approximate surface area is 113 Å². The van der Waals surface area contributed by atoms with Crippen molar-refractivity contribution in [2.75, 3.05) is 18.6 Å². The third-order valence-corrected chi connectivity index (χ3v) is 3.62. The molecule has 0 amide bonds. The summed E-state index contributed by atoms with van der Waals surface area (Å²) in [7, 11) is 1.79. The van der Waals surface area contributed by atoms with Crippen LogP contribution in [0.5, 0.6) is 0 Å². The molecule has 3 nitrogen and oxygen atoms in total. The number of rotatable bonds is 3. The maximum atomic E-state index is 5.55. The summed E-state index contributed by atoms with van der Waals surface area (Å²) in [6.45, 7) is 1.75. The fourth-order valence-corrected chi connectivity index (χ4v) is 2.64. The Bertz CT molecular complexity index is 541. The smallest absolute Gasteiger partial charge is 0.0787 e. The van der Waals surface area contributed by atoms with Gasteiger partial charge in [-0.15, -0.1) is 0 Å². The molecule has 2 aromatic rings. The van der Waals surface area contributed by atoms with Crippen molar-refractivity contribution in [3.8, 4) is 0 Å². The Morgan fingerprint density at radius 2 is 2.05 bits per heavy atom. The van der Waals surface area contributed by atoms with Crippen molar-refractivity contribution < 1.29 is 4.74 Å². The van der Waals surface area contributed by atoms with Crippen molar-refractivity contribution in [2.24, 2.45) is 0 Å². The van der Waals surface area contributed by atoms with Gasteiger partial charge in [0.2, 0.25) is 0 Å². The van der Waals surface area contributed by atoms with Crippen molar-refractivity contribution in [1.82, 2.24) is 4.98 Å². The van der Waals surface area contributed by atoms with Crippen LogP contribution in [0.4, 0.5) is 5.69 Å². The predicted molar refractivity (Wildman–Crippen MR) is 76.2 cm³/mol. The van der Waals surface area contributed by atoms with E-state index in [-0.39, 0.29) is 6.10 Å². The van der Waals surface area contributed by atoms with Crippen molar-refractivity contribution in [3.05, 3.63) is 59.9 Å². The Kier molecular flexibility index (Phi) is 3.47. The molecule has 1 aliphatic heterocycles. The number of fused-ring (bicyclic) bond motifs is 1. The fraction of sp³-hybridized carbons (Fsp3) is 0.312. The van der Waals surface area contributed by atoms with Gasteiger partial charge >= 0.3 is 0 Å². The van der Waals surface area contributed by atoms with Crippen LogP contribution in [0.15, 0.2) is 48.7 Å². The molecule has 1 aliphatic rings. The molecule has 1 unspecified atom stereocenters. The Balaban J connectivity index is 1.88. The third kappa shape index (κ3) is 2.61. The molecular weight excluding hydrogens is 236 g/mol. The number of ether oxygens (including phenoxy) is 1. The predicted octanol–water partition coefficient (Wildman–Crippen LogP) is 2.66. The average molecular weight is 254 g/mol. The van der Waals surface area contributed by atoms with Gasteiger partial charge in [-0.25, -0.2) is 0 Å². The first kappa shape index (κ1) is 12.2. The third-order valence-electron chi connectivity index (χ3n) is 3.62. The lowest BCUT2D eigenvalue weighted by Gasteiger charge is -2.35. The van der Waals surface area contributed by atoms with E-state index >= 15 is 0 Å². The molecule has 1 atom stereocenters. The maximum Gasteiger partial charge on any atom is 0.0787 e. The number of hydrogen-bond acceptors (Lipinski definition) is 3. The second kappa shape index (κ2) is 5.41. The van der Waals surface area contributed by atoms with E-state index in [1.165, 1.54) is 11.3 Å². The standard InChI is InChI=1S/C16H18N2O/c1-19-15-10-13-6-2-3-8-16(13)18(12-15)11-14-7-4-5-9-17-14/h2-9,15H,10-12H2,1H3. The zero-order valence-electron chi connectivity index (χ0n) is 11.1. The topological polar surface area (TPSA) is 25.4 Å². The highest BCUT2D eigenvalue weighted by atomic mass is 16.5. The number of pyridine rings is 1. The van der Waals surface area contributed by atoms with Crippen LogP contribution in [0.2, 0.25) is 0 Å². The highest BCUT2D eigenvalue weighted by molar-refractivity contribution is 5.56. The van der Waals surface area contributed by atoms with E-state index in [1.54, 1.807) is 7.11 Å². The summed E-state index contributed by atoms with van der Waals surface area (Å²) in [6.07, 6.45) is 3.10. The van der Waals surface area contributed by atoms with Crippen LogP contribution < -0.4 is 4.90 Å². The van der Waals surface area contributed by atoms with Crippen LogP contribution in [0.25, 0.3) is 0 Å². The van der Waals surface area contributed by atoms with Crippen molar-refractivity contribution >= 4 is 5.69 Å². The van der Waals surface area contributed by atoms with Gasteiger partial charge in [-0.05, 0) is 23.8 Å². The number of benzene rings is 1. The molecule has 0 saturated heterocycles. The lowest BCUT2D eigenvalue weighted by Crippen LogP contribution is -2.39. The van der Waals surface area contributed by atoms with Gasteiger partial charge in [0.25, 0.3) is 0 Å². The summed E-state index contributed by atoms with van der Waals surface area (Å²) in [5.41, 5.74) is 3.76. The normalized spacial score (nSPS) is 18.2. The van der Waals surface area contributed by atoms with Crippen LogP contribution in [0, 0.1) is 0 Å². The fourth-order valence-electron chi connectivity index (χ4n) is 2.64. The van der Waals surface area contributed by atoms with Crippen LogP contribution in [0.3, 0.4) is 0 Å². The van der Waals surface area contributed by atoms with E-state index in [1.807, 2.05) is 18.3 Å². The Hall–Kier alpha value is -1.87. The number of methoxy groups -OCH3 is 1. The molecule has 0 radical (unpaired) electrons. The molecule has 0 spiro atoms. The van der Waals surface area contributed by atoms with Gasteiger partial charge in [0.1, 0.15) is 0 Å². The number of anilines is 1. The van der Waals surface area contributed by atoms with E-state index in [0.717, 1.165) is 25.2 Å². The van der Waals surface area contributed by atoms with Crippen molar-refractivity contribution in [2.45, 2.75) is 19.1 Å². The molecule has 1 aromatic carbocycles. The molecular formula is C16H18N2O. The first-order valence-electron chi connectivity index (χ1n) is 6.62. The molecule has 3 heteroatoms. The second-order valence-corrected chi connectivity index (χ2v) is 4.89. The second-order valence-electron chi connectivity index (χ2n) is 4.89. The number of aromatic nitrogens is 1. The summed E-state index contributed by atoms with van der Waals surface area (Å²) in [5.74, 6) is 0. The summed E-state index contributed by atoms with van der Waals surface area (Å²) in [4.78, 5) is 6.77. The molecule has 0 aliphatic carbocycles. The highest BCUT2D eigenvalue weighted by Gasteiger charge is 2.24. The van der Waals surface area contributed by atoms with Crippen LogP contribution in [-0.2, 0) is 17.7 Å². The summed E-state index contributed by atoms with van der Waals surface area (Å²) < 4.78 is 5.55. The zero-order chi connectivity index (χ0) is 13.1. The minimum atomic E-state index is 0.263. The minimum Gasteiger partial charge on any atom is -0.379 e. The van der Waals surface area contributed by atoms with Gasteiger partial charge in [0, 0.05) is 32.0 Å². The minimum absolute atomic E-state index is 0.263. The Morgan fingerprint density at radius 3 is 2.84 bits per heavy atom. The van der Waals surface area contributed by atoms with E-state index in [9.17, 15) is 0 Å². The van der Waals surface area contributed by atoms with E-state index in [0.29, 0.717) is 0 Å². The monoisotopic (exact) mass is 254 g/mol. The van der Waals surface area contributed by atoms with Crippen LogP contribution >= 0.6 is 0 Å². The largest absolute Gasteiger partial charge is 0.379 e. The Morgan fingerprint density at radius 1 is 1.21 bits per heavy atom. The molecule has 0 bridgehead atoms. The van der Waals surface area contributed by atoms with E-state index < -0.39 is 0 Å².